The van der Waals surface area contributed by atoms with Crippen LogP contribution in [0.1, 0.15) is 89.0 Å². The number of alkyl halides is 5. The van der Waals surface area contributed by atoms with Crippen molar-refractivity contribution >= 4 is 0 Å². The van der Waals surface area contributed by atoms with E-state index in [-0.39, 0.29) is 0 Å². The van der Waals surface area contributed by atoms with Crippen molar-refractivity contribution in [1.82, 2.24) is 0 Å². The monoisotopic (exact) mass is 432 g/mol. The zero-order valence-corrected chi connectivity index (χ0v) is 17.7. The molecular formula is C24H33F5O. The second kappa shape index (κ2) is 9.86. The minimum absolute atomic E-state index is 0.347. The molecule has 2 aliphatic carbocycles. The smallest absolute Gasteiger partial charge is 0.426 e. The second-order valence-electron chi connectivity index (χ2n) is 9.22. The Labute approximate surface area is 176 Å². The van der Waals surface area contributed by atoms with Gasteiger partial charge >= 0.3 is 12.3 Å². The molecule has 1 aromatic rings. The molecule has 3 rings (SSSR count). The van der Waals surface area contributed by atoms with Gasteiger partial charge in [0.25, 0.3) is 0 Å². The maximum absolute atomic E-state index is 13.0. The highest BCUT2D eigenvalue weighted by Crippen LogP contribution is 2.45. The molecule has 1 nitrogen and oxygen atoms in total. The molecule has 2 aliphatic rings. The van der Waals surface area contributed by atoms with Gasteiger partial charge in [-0.25, -0.2) is 0 Å². The lowest BCUT2D eigenvalue weighted by Crippen LogP contribution is -2.41. The summed E-state index contributed by atoms with van der Waals surface area (Å²) in [6.07, 6.45) is 3.01. The molecular weight excluding hydrogens is 399 g/mol. The highest BCUT2D eigenvalue weighted by molar-refractivity contribution is 5.30. The van der Waals surface area contributed by atoms with Gasteiger partial charge in [-0.05, 0) is 79.9 Å². The van der Waals surface area contributed by atoms with Crippen LogP contribution in [-0.2, 0) is 0 Å². The first-order valence-corrected chi connectivity index (χ1v) is 11.4. The summed E-state index contributed by atoms with van der Waals surface area (Å²) < 4.78 is 66.8. The third-order valence-corrected chi connectivity index (χ3v) is 7.22. The van der Waals surface area contributed by atoms with Crippen molar-refractivity contribution < 1.29 is 26.7 Å². The van der Waals surface area contributed by atoms with Gasteiger partial charge in [0.2, 0.25) is 0 Å². The fourth-order valence-electron chi connectivity index (χ4n) is 5.38. The molecule has 0 unspecified atom stereocenters. The molecule has 0 bridgehead atoms. The first kappa shape index (κ1) is 23.3. The highest BCUT2D eigenvalue weighted by atomic mass is 19.4. The van der Waals surface area contributed by atoms with Gasteiger partial charge in [-0.2, -0.15) is 22.0 Å². The Bertz CT molecular complexity index is 639. The van der Waals surface area contributed by atoms with Crippen LogP contribution in [0, 0.1) is 17.8 Å². The van der Waals surface area contributed by atoms with Crippen LogP contribution in [0.25, 0.3) is 0 Å². The average Bonchev–Trinajstić information content (AvgIpc) is 2.72. The average molecular weight is 433 g/mol. The molecule has 0 saturated heterocycles. The van der Waals surface area contributed by atoms with Crippen molar-refractivity contribution in [3.05, 3.63) is 29.8 Å². The molecule has 0 aromatic heterocycles. The Balaban J connectivity index is 1.46. The number of halogens is 5. The third-order valence-electron chi connectivity index (χ3n) is 7.22. The van der Waals surface area contributed by atoms with Gasteiger partial charge in [-0.3, -0.25) is 0 Å². The Morgan fingerprint density at radius 2 is 1.33 bits per heavy atom. The summed E-state index contributed by atoms with van der Waals surface area (Å²) in [4.78, 5) is 0. The van der Waals surface area contributed by atoms with E-state index >= 15 is 0 Å². The van der Waals surface area contributed by atoms with Crippen LogP contribution in [0.3, 0.4) is 0 Å². The number of ether oxygens (including phenoxy) is 1. The van der Waals surface area contributed by atoms with E-state index in [1.807, 2.05) is 0 Å². The minimum Gasteiger partial charge on any atom is -0.426 e. The van der Waals surface area contributed by atoms with E-state index in [4.69, 9.17) is 0 Å². The summed E-state index contributed by atoms with van der Waals surface area (Å²) in [5, 5.41) is 0. The van der Waals surface area contributed by atoms with Crippen molar-refractivity contribution in [2.24, 2.45) is 17.8 Å². The van der Waals surface area contributed by atoms with Gasteiger partial charge in [-0.15, -0.1) is 0 Å². The molecule has 0 atom stereocenters. The van der Waals surface area contributed by atoms with Crippen LogP contribution in [0.15, 0.2) is 24.3 Å². The van der Waals surface area contributed by atoms with Gasteiger partial charge in [0.1, 0.15) is 5.75 Å². The predicted molar refractivity (Wildman–Crippen MR) is 108 cm³/mol. The van der Waals surface area contributed by atoms with Crippen molar-refractivity contribution in [3.63, 3.8) is 0 Å². The van der Waals surface area contributed by atoms with E-state index in [1.165, 1.54) is 69.9 Å². The summed E-state index contributed by atoms with van der Waals surface area (Å²) in [6, 6.07) is 5.70. The zero-order valence-electron chi connectivity index (χ0n) is 17.7. The normalized spacial score (nSPS) is 28.3. The van der Waals surface area contributed by atoms with Crippen LogP contribution >= 0.6 is 0 Å². The van der Waals surface area contributed by atoms with E-state index in [0.29, 0.717) is 5.92 Å². The molecule has 6 heteroatoms. The standard InChI is InChI=1S/C24H33F5O/c1-2-3-4-17-5-7-18(8-6-17)19-9-11-20(12-10-19)21-13-15-22(16-14-21)30-24(28,29)23(25,26)27/h13-20H,2-12H2,1H3/t17-,18-,19?,20?. The SMILES string of the molecule is CCCC[C@H]1CC[C@H](C2CCC(c3ccc(OC(F)(F)C(F)(F)F)cc3)CC2)CC1. The molecule has 0 spiro atoms. The summed E-state index contributed by atoms with van der Waals surface area (Å²) in [5.41, 5.74) is 0.999. The first-order chi connectivity index (χ1) is 14.2. The predicted octanol–water partition coefficient (Wildman–Crippen LogP) is 8.49. The van der Waals surface area contributed by atoms with E-state index in [0.717, 1.165) is 36.2 Å². The van der Waals surface area contributed by atoms with Crippen LogP contribution in [0.4, 0.5) is 22.0 Å². The van der Waals surface area contributed by atoms with Crippen molar-refractivity contribution in [3.8, 4) is 5.75 Å². The first-order valence-electron chi connectivity index (χ1n) is 11.4. The lowest BCUT2D eigenvalue weighted by molar-refractivity contribution is -0.360. The molecule has 170 valence electrons. The lowest BCUT2D eigenvalue weighted by atomic mass is 9.68. The van der Waals surface area contributed by atoms with Crippen LogP contribution in [0.2, 0.25) is 0 Å². The summed E-state index contributed by atoms with van der Waals surface area (Å²) >= 11 is 0. The maximum Gasteiger partial charge on any atom is 0.499 e. The molecule has 0 heterocycles. The van der Waals surface area contributed by atoms with Gasteiger partial charge in [0, 0.05) is 0 Å². The van der Waals surface area contributed by atoms with E-state index < -0.39 is 18.0 Å². The van der Waals surface area contributed by atoms with Crippen LogP contribution in [-0.4, -0.2) is 12.3 Å². The Morgan fingerprint density at radius 1 is 0.800 bits per heavy atom. The fraction of sp³-hybridized carbons (Fsp3) is 0.750. The molecule has 30 heavy (non-hydrogen) atoms. The number of rotatable bonds is 7. The highest BCUT2D eigenvalue weighted by Gasteiger charge is 2.61. The minimum atomic E-state index is -5.72. The Hall–Kier alpha value is -1.33. The Morgan fingerprint density at radius 3 is 1.83 bits per heavy atom. The van der Waals surface area contributed by atoms with Crippen molar-refractivity contribution in [2.75, 3.05) is 0 Å². The molecule has 2 saturated carbocycles. The molecule has 0 aliphatic heterocycles. The molecule has 0 N–H and O–H groups in total. The van der Waals surface area contributed by atoms with Crippen molar-refractivity contribution in [1.29, 1.82) is 0 Å². The zero-order chi connectivity index (χ0) is 21.8. The van der Waals surface area contributed by atoms with Gasteiger partial charge in [0.15, 0.2) is 0 Å². The lowest BCUT2D eigenvalue weighted by Gasteiger charge is -2.38. The molecule has 0 amide bonds. The van der Waals surface area contributed by atoms with Gasteiger partial charge < -0.3 is 4.74 Å². The van der Waals surface area contributed by atoms with Gasteiger partial charge in [0.05, 0.1) is 0 Å². The number of benzene rings is 1. The van der Waals surface area contributed by atoms with E-state index in [2.05, 4.69) is 11.7 Å². The molecule has 1 aromatic carbocycles. The largest absolute Gasteiger partial charge is 0.499 e. The van der Waals surface area contributed by atoms with E-state index in [9.17, 15) is 22.0 Å². The second-order valence-corrected chi connectivity index (χ2v) is 9.22. The quantitative estimate of drug-likeness (QED) is 0.393. The molecule has 0 radical (unpaired) electrons. The van der Waals surface area contributed by atoms with Gasteiger partial charge in [-0.1, -0.05) is 51.2 Å². The fourth-order valence-corrected chi connectivity index (χ4v) is 5.38. The maximum atomic E-state index is 13.0. The third kappa shape index (κ3) is 5.88. The number of hydrogen-bond donors (Lipinski definition) is 0. The Kier molecular flexibility index (Phi) is 7.67. The summed E-state index contributed by atoms with van der Waals surface area (Å²) in [6.45, 7) is 2.25. The number of hydrogen-bond acceptors (Lipinski definition) is 1. The van der Waals surface area contributed by atoms with Crippen LogP contribution < -0.4 is 4.74 Å². The van der Waals surface area contributed by atoms with E-state index in [1.54, 1.807) is 12.1 Å². The summed E-state index contributed by atoms with van der Waals surface area (Å²) in [5.74, 6) is 2.42. The van der Waals surface area contributed by atoms with Crippen LogP contribution in [0.5, 0.6) is 5.75 Å². The van der Waals surface area contributed by atoms with Crippen molar-refractivity contribution in [2.45, 2.75) is 95.8 Å². The number of unbranched alkanes of at least 4 members (excludes halogenated alkanes) is 1. The topological polar surface area (TPSA) is 9.23 Å². The summed E-state index contributed by atoms with van der Waals surface area (Å²) in [7, 11) is 0. The molecule has 2 fully saturated rings.